The molecule has 1 aromatic rings. The van der Waals surface area contributed by atoms with Crippen LogP contribution in [0.15, 0.2) is 24.3 Å². The van der Waals surface area contributed by atoms with Crippen molar-refractivity contribution in [2.75, 3.05) is 13.2 Å². The average molecular weight is 291 g/mol. The Balaban J connectivity index is 1.90. The Hall–Kier alpha value is -1.55. The smallest absolute Gasteiger partial charge is 0.326 e. The first-order valence-electron chi connectivity index (χ1n) is 7.72. The lowest BCUT2D eigenvalue weighted by atomic mass is 9.86. The average Bonchev–Trinajstić information content (AvgIpc) is 2.84. The van der Waals surface area contributed by atoms with Crippen LogP contribution in [0.3, 0.4) is 0 Å². The Morgan fingerprint density at radius 1 is 1.43 bits per heavy atom. The van der Waals surface area contributed by atoms with Gasteiger partial charge in [-0.05, 0) is 50.7 Å². The van der Waals surface area contributed by atoms with Gasteiger partial charge in [-0.3, -0.25) is 4.79 Å². The van der Waals surface area contributed by atoms with Crippen LogP contribution in [0.25, 0.3) is 0 Å². The summed E-state index contributed by atoms with van der Waals surface area (Å²) in [4.78, 5) is 12.1. The highest BCUT2D eigenvalue weighted by molar-refractivity contribution is 5.81. The maximum Gasteiger partial charge on any atom is 0.326 e. The van der Waals surface area contributed by atoms with Gasteiger partial charge in [-0.1, -0.05) is 24.6 Å². The van der Waals surface area contributed by atoms with E-state index in [2.05, 4.69) is 0 Å². The molecular weight excluding hydrogens is 266 g/mol. The third-order valence-electron chi connectivity index (χ3n) is 4.34. The van der Waals surface area contributed by atoms with Crippen molar-refractivity contribution in [1.29, 1.82) is 0 Å². The Morgan fingerprint density at radius 3 is 2.90 bits per heavy atom. The van der Waals surface area contributed by atoms with Gasteiger partial charge in [-0.15, -0.1) is 0 Å². The molecule has 1 aromatic carbocycles. The fourth-order valence-corrected chi connectivity index (χ4v) is 3.07. The van der Waals surface area contributed by atoms with Gasteiger partial charge in [0, 0.05) is 0 Å². The van der Waals surface area contributed by atoms with E-state index in [0.29, 0.717) is 19.6 Å². The molecule has 0 heterocycles. The standard InChI is InChI=1S/C17H25NO3/c1-3-20-16(19)17(18)11-6-8-14(17)10-12-21-15-9-5-4-7-13(15)2/h4-5,7,9,14H,3,6,8,10-12,18H2,1-2H3. The van der Waals surface area contributed by atoms with Gasteiger partial charge >= 0.3 is 5.97 Å². The van der Waals surface area contributed by atoms with E-state index in [9.17, 15) is 4.79 Å². The van der Waals surface area contributed by atoms with E-state index in [1.165, 1.54) is 0 Å². The first kappa shape index (κ1) is 15.8. The monoisotopic (exact) mass is 291 g/mol. The number of rotatable bonds is 6. The van der Waals surface area contributed by atoms with Gasteiger partial charge in [0.2, 0.25) is 0 Å². The van der Waals surface area contributed by atoms with Crippen LogP contribution in [0.5, 0.6) is 5.75 Å². The first-order chi connectivity index (χ1) is 10.1. The number of hydrogen-bond donors (Lipinski definition) is 1. The molecule has 0 radical (unpaired) electrons. The van der Waals surface area contributed by atoms with Crippen LogP contribution in [0.4, 0.5) is 0 Å². The minimum Gasteiger partial charge on any atom is -0.493 e. The number of carbonyl (C=O) groups excluding carboxylic acids is 1. The summed E-state index contributed by atoms with van der Waals surface area (Å²) in [6, 6.07) is 7.94. The van der Waals surface area contributed by atoms with Crippen molar-refractivity contribution in [1.82, 2.24) is 0 Å². The van der Waals surface area contributed by atoms with Gasteiger partial charge in [-0.2, -0.15) is 0 Å². The number of hydrogen-bond acceptors (Lipinski definition) is 4. The fourth-order valence-electron chi connectivity index (χ4n) is 3.07. The number of para-hydroxylation sites is 1. The number of ether oxygens (including phenoxy) is 2. The Bertz CT molecular complexity index is 489. The first-order valence-corrected chi connectivity index (χ1v) is 7.72. The molecule has 4 nitrogen and oxygen atoms in total. The van der Waals surface area contributed by atoms with Crippen molar-refractivity contribution in [3.8, 4) is 5.75 Å². The summed E-state index contributed by atoms with van der Waals surface area (Å²) >= 11 is 0. The molecule has 0 bridgehead atoms. The molecular formula is C17H25NO3. The second-order valence-corrected chi connectivity index (χ2v) is 5.75. The molecule has 0 spiro atoms. The van der Waals surface area contributed by atoms with Gasteiger partial charge in [0.1, 0.15) is 11.3 Å². The minimum atomic E-state index is -0.828. The third kappa shape index (κ3) is 3.56. The second-order valence-electron chi connectivity index (χ2n) is 5.75. The lowest BCUT2D eigenvalue weighted by molar-refractivity contribution is -0.151. The van der Waals surface area contributed by atoms with E-state index in [0.717, 1.165) is 30.6 Å². The van der Waals surface area contributed by atoms with Crippen LogP contribution in [0, 0.1) is 12.8 Å². The molecule has 4 heteroatoms. The molecule has 1 saturated carbocycles. The van der Waals surface area contributed by atoms with Crippen molar-refractivity contribution < 1.29 is 14.3 Å². The summed E-state index contributed by atoms with van der Waals surface area (Å²) < 4.78 is 11.0. The van der Waals surface area contributed by atoms with Gasteiger partial charge < -0.3 is 15.2 Å². The SMILES string of the molecule is CCOC(=O)C1(N)CCCC1CCOc1ccccc1C. The molecule has 1 fully saturated rings. The third-order valence-corrected chi connectivity index (χ3v) is 4.34. The molecule has 2 N–H and O–H groups in total. The zero-order valence-corrected chi connectivity index (χ0v) is 12.9. The topological polar surface area (TPSA) is 61.5 Å². The molecule has 2 unspecified atom stereocenters. The maximum absolute atomic E-state index is 12.1. The highest BCUT2D eigenvalue weighted by atomic mass is 16.5. The summed E-state index contributed by atoms with van der Waals surface area (Å²) in [6.07, 6.45) is 3.43. The maximum atomic E-state index is 12.1. The summed E-state index contributed by atoms with van der Waals surface area (Å²) in [5.74, 6) is 0.776. The minimum absolute atomic E-state index is 0.139. The van der Waals surface area contributed by atoms with Gasteiger partial charge in [0.05, 0.1) is 13.2 Å². The van der Waals surface area contributed by atoms with Crippen LogP contribution >= 0.6 is 0 Å². The van der Waals surface area contributed by atoms with E-state index in [1.54, 1.807) is 0 Å². The molecule has 1 aliphatic carbocycles. The normalized spacial score (nSPS) is 24.8. The predicted molar refractivity (Wildman–Crippen MR) is 82.2 cm³/mol. The van der Waals surface area contributed by atoms with E-state index in [-0.39, 0.29) is 11.9 Å². The lowest BCUT2D eigenvalue weighted by Gasteiger charge is -2.29. The van der Waals surface area contributed by atoms with Crippen LogP contribution in [-0.2, 0) is 9.53 Å². The summed E-state index contributed by atoms with van der Waals surface area (Å²) in [6.45, 7) is 4.79. The molecule has 0 aromatic heterocycles. The summed E-state index contributed by atoms with van der Waals surface area (Å²) in [5, 5.41) is 0. The zero-order valence-electron chi connectivity index (χ0n) is 12.9. The summed E-state index contributed by atoms with van der Waals surface area (Å²) in [7, 11) is 0. The fraction of sp³-hybridized carbons (Fsp3) is 0.588. The van der Waals surface area contributed by atoms with Crippen LogP contribution < -0.4 is 10.5 Å². The van der Waals surface area contributed by atoms with Crippen LogP contribution in [0.1, 0.15) is 38.2 Å². The summed E-state index contributed by atoms with van der Waals surface area (Å²) in [5.41, 5.74) is 6.60. The van der Waals surface area contributed by atoms with Gasteiger partial charge in [0.25, 0.3) is 0 Å². The van der Waals surface area contributed by atoms with Gasteiger partial charge in [0.15, 0.2) is 0 Å². The molecule has 0 amide bonds. The van der Waals surface area contributed by atoms with E-state index >= 15 is 0 Å². The molecule has 0 aliphatic heterocycles. The van der Waals surface area contributed by atoms with Crippen molar-refractivity contribution in [2.45, 2.75) is 45.1 Å². The van der Waals surface area contributed by atoms with Crippen molar-refractivity contribution in [3.63, 3.8) is 0 Å². The molecule has 0 saturated heterocycles. The molecule has 2 atom stereocenters. The van der Waals surface area contributed by atoms with E-state index < -0.39 is 5.54 Å². The molecule has 21 heavy (non-hydrogen) atoms. The largest absolute Gasteiger partial charge is 0.493 e. The highest BCUT2D eigenvalue weighted by Gasteiger charge is 2.46. The highest BCUT2D eigenvalue weighted by Crippen LogP contribution is 2.37. The Labute approximate surface area is 126 Å². The van der Waals surface area contributed by atoms with Gasteiger partial charge in [-0.25, -0.2) is 0 Å². The Morgan fingerprint density at radius 2 is 2.19 bits per heavy atom. The molecule has 1 aliphatic rings. The quantitative estimate of drug-likeness (QED) is 0.819. The van der Waals surface area contributed by atoms with Crippen molar-refractivity contribution >= 4 is 5.97 Å². The van der Waals surface area contributed by atoms with Crippen molar-refractivity contribution in [2.24, 2.45) is 11.7 Å². The lowest BCUT2D eigenvalue weighted by Crippen LogP contribution is -2.52. The van der Waals surface area contributed by atoms with E-state index in [1.807, 2.05) is 38.1 Å². The number of aryl methyl sites for hydroxylation is 1. The second kappa shape index (κ2) is 6.94. The van der Waals surface area contributed by atoms with E-state index in [4.69, 9.17) is 15.2 Å². The number of nitrogens with two attached hydrogens (primary N) is 1. The predicted octanol–water partition coefficient (Wildman–Crippen LogP) is 2.82. The number of benzene rings is 1. The van der Waals surface area contributed by atoms with Crippen LogP contribution in [0.2, 0.25) is 0 Å². The number of carbonyl (C=O) groups is 1. The number of esters is 1. The molecule has 2 rings (SSSR count). The van der Waals surface area contributed by atoms with Crippen molar-refractivity contribution in [3.05, 3.63) is 29.8 Å². The van der Waals surface area contributed by atoms with Crippen LogP contribution in [-0.4, -0.2) is 24.7 Å². The molecule has 116 valence electrons. The Kier molecular flexibility index (Phi) is 5.23. The zero-order chi connectivity index (χ0) is 15.3.